The molecule has 1 amide bonds. The van der Waals surface area contributed by atoms with E-state index >= 15 is 0 Å². The lowest BCUT2D eigenvalue weighted by molar-refractivity contribution is -0.138. The van der Waals surface area contributed by atoms with Gasteiger partial charge in [0, 0.05) is 19.4 Å². The fraction of sp³-hybridized carbons (Fsp3) is 0.833. The smallest absolute Gasteiger partial charge is 0.303 e. The fourth-order valence-electron chi connectivity index (χ4n) is 1.34. The molecule has 4 nitrogen and oxygen atoms in total. The predicted molar refractivity (Wildman–Crippen MR) is 63.1 cm³/mol. The van der Waals surface area contributed by atoms with Crippen LogP contribution in [-0.4, -0.2) is 23.5 Å². The van der Waals surface area contributed by atoms with Crippen LogP contribution in [-0.2, 0) is 9.59 Å². The van der Waals surface area contributed by atoms with Crippen LogP contribution in [0.4, 0.5) is 0 Å². The van der Waals surface area contributed by atoms with Crippen molar-refractivity contribution in [3.8, 4) is 0 Å². The van der Waals surface area contributed by atoms with E-state index in [4.69, 9.17) is 5.11 Å². The molecule has 94 valence electrons. The number of hydrogen-bond acceptors (Lipinski definition) is 2. The average molecular weight is 229 g/mol. The van der Waals surface area contributed by atoms with E-state index < -0.39 is 5.97 Å². The van der Waals surface area contributed by atoms with Gasteiger partial charge < -0.3 is 10.4 Å². The van der Waals surface area contributed by atoms with Crippen LogP contribution in [0.15, 0.2) is 0 Å². The number of carboxylic acid groups (broad SMARTS) is 1. The first-order chi connectivity index (χ1) is 7.20. The van der Waals surface area contributed by atoms with Gasteiger partial charge in [0.2, 0.25) is 5.91 Å². The number of carbonyl (C=O) groups is 2. The van der Waals surface area contributed by atoms with Gasteiger partial charge in [-0.15, -0.1) is 0 Å². The summed E-state index contributed by atoms with van der Waals surface area (Å²) in [5.41, 5.74) is 0.208. The molecule has 0 bridgehead atoms. The minimum absolute atomic E-state index is 0.0483. The molecule has 0 aromatic rings. The molecule has 0 aliphatic rings. The van der Waals surface area contributed by atoms with Gasteiger partial charge in [0.25, 0.3) is 0 Å². The molecule has 0 spiro atoms. The molecule has 2 N–H and O–H groups in total. The van der Waals surface area contributed by atoms with Crippen molar-refractivity contribution in [2.75, 3.05) is 6.54 Å². The van der Waals surface area contributed by atoms with Crippen LogP contribution in [0, 0.1) is 11.3 Å². The van der Waals surface area contributed by atoms with Gasteiger partial charge >= 0.3 is 5.97 Å². The van der Waals surface area contributed by atoms with Crippen molar-refractivity contribution in [2.45, 2.75) is 47.0 Å². The van der Waals surface area contributed by atoms with Crippen molar-refractivity contribution < 1.29 is 14.7 Å². The molecule has 0 radical (unpaired) electrons. The van der Waals surface area contributed by atoms with E-state index in [2.05, 4.69) is 26.1 Å². The molecule has 1 unspecified atom stereocenters. The van der Waals surface area contributed by atoms with Crippen LogP contribution in [0.2, 0.25) is 0 Å². The summed E-state index contributed by atoms with van der Waals surface area (Å²) in [4.78, 5) is 21.8. The number of carbonyl (C=O) groups excluding carboxylic acids is 1. The second kappa shape index (κ2) is 6.51. The Labute approximate surface area is 97.4 Å². The third-order valence-corrected chi connectivity index (χ3v) is 2.25. The Hall–Kier alpha value is -1.06. The summed E-state index contributed by atoms with van der Waals surface area (Å²) in [6.45, 7) is 8.78. The Balaban J connectivity index is 3.70. The Morgan fingerprint density at radius 3 is 2.25 bits per heavy atom. The standard InChI is InChI=1S/C12H23NO3/c1-9(8-11(15)16)7-10(14)13-6-5-12(2,3)4/h9H,5-8H2,1-4H3,(H,13,14)(H,15,16). The first-order valence-electron chi connectivity index (χ1n) is 5.69. The predicted octanol–water partition coefficient (Wildman–Crippen LogP) is 2.04. The second-order valence-corrected chi connectivity index (χ2v) is 5.57. The summed E-state index contributed by atoms with van der Waals surface area (Å²) in [5.74, 6) is -1.01. The number of hydrogen-bond donors (Lipinski definition) is 2. The lowest BCUT2D eigenvalue weighted by Gasteiger charge is -2.18. The van der Waals surface area contributed by atoms with E-state index in [-0.39, 0.29) is 30.1 Å². The van der Waals surface area contributed by atoms with Gasteiger partial charge in [-0.1, -0.05) is 27.7 Å². The molecule has 16 heavy (non-hydrogen) atoms. The monoisotopic (exact) mass is 229 g/mol. The van der Waals surface area contributed by atoms with Crippen molar-refractivity contribution in [3.05, 3.63) is 0 Å². The van der Waals surface area contributed by atoms with Gasteiger partial charge in [-0.05, 0) is 17.8 Å². The van der Waals surface area contributed by atoms with Gasteiger partial charge in [0.15, 0.2) is 0 Å². The van der Waals surface area contributed by atoms with Crippen molar-refractivity contribution in [2.24, 2.45) is 11.3 Å². The van der Waals surface area contributed by atoms with E-state index in [1.165, 1.54) is 0 Å². The van der Waals surface area contributed by atoms with Gasteiger partial charge in [0.05, 0.1) is 0 Å². The maximum atomic E-state index is 11.4. The number of amides is 1. The third-order valence-electron chi connectivity index (χ3n) is 2.25. The molecule has 0 fully saturated rings. The molecule has 0 aromatic carbocycles. The van der Waals surface area contributed by atoms with Gasteiger partial charge in [-0.25, -0.2) is 0 Å². The Bertz CT molecular complexity index is 243. The lowest BCUT2D eigenvalue weighted by atomic mass is 9.92. The maximum Gasteiger partial charge on any atom is 0.303 e. The highest BCUT2D eigenvalue weighted by molar-refractivity contribution is 5.77. The first kappa shape index (κ1) is 14.9. The van der Waals surface area contributed by atoms with Crippen molar-refractivity contribution >= 4 is 11.9 Å². The number of carboxylic acids is 1. The van der Waals surface area contributed by atoms with Crippen LogP contribution in [0.5, 0.6) is 0 Å². The minimum Gasteiger partial charge on any atom is -0.481 e. The largest absolute Gasteiger partial charge is 0.481 e. The zero-order chi connectivity index (χ0) is 12.8. The molecule has 0 aliphatic carbocycles. The fourth-order valence-corrected chi connectivity index (χ4v) is 1.34. The van der Waals surface area contributed by atoms with Crippen LogP contribution < -0.4 is 5.32 Å². The molecule has 1 atom stereocenters. The molecule has 0 aliphatic heterocycles. The molecule has 0 saturated carbocycles. The summed E-state index contributed by atoms with van der Waals surface area (Å²) in [7, 11) is 0. The van der Waals surface area contributed by atoms with Crippen LogP contribution >= 0.6 is 0 Å². The van der Waals surface area contributed by atoms with Gasteiger partial charge in [0.1, 0.15) is 0 Å². The normalized spacial score (nSPS) is 13.2. The lowest BCUT2D eigenvalue weighted by Crippen LogP contribution is -2.28. The molecular formula is C12H23NO3. The molecule has 4 heteroatoms. The molecule has 0 heterocycles. The van der Waals surface area contributed by atoms with E-state index in [0.29, 0.717) is 6.54 Å². The number of aliphatic carboxylic acids is 1. The first-order valence-corrected chi connectivity index (χ1v) is 5.69. The minimum atomic E-state index is -0.852. The van der Waals surface area contributed by atoms with E-state index in [0.717, 1.165) is 6.42 Å². The topological polar surface area (TPSA) is 66.4 Å². The second-order valence-electron chi connectivity index (χ2n) is 5.57. The van der Waals surface area contributed by atoms with Gasteiger partial charge in [-0.3, -0.25) is 9.59 Å². The van der Waals surface area contributed by atoms with Crippen molar-refractivity contribution in [1.82, 2.24) is 5.32 Å². The zero-order valence-corrected chi connectivity index (χ0v) is 10.7. The Morgan fingerprint density at radius 2 is 1.81 bits per heavy atom. The molecule has 0 aromatic heterocycles. The molecule has 0 saturated heterocycles. The van der Waals surface area contributed by atoms with Crippen molar-refractivity contribution in [1.29, 1.82) is 0 Å². The summed E-state index contributed by atoms with van der Waals surface area (Å²) >= 11 is 0. The zero-order valence-electron chi connectivity index (χ0n) is 10.7. The Kier molecular flexibility index (Phi) is 6.08. The van der Waals surface area contributed by atoms with E-state index in [1.807, 2.05) is 0 Å². The summed E-state index contributed by atoms with van der Waals surface area (Å²) in [6, 6.07) is 0. The van der Waals surface area contributed by atoms with E-state index in [9.17, 15) is 9.59 Å². The van der Waals surface area contributed by atoms with Crippen molar-refractivity contribution in [3.63, 3.8) is 0 Å². The summed E-state index contributed by atoms with van der Waals surface area (Å²) < 4.78 is 0. The highest BCUT2D eigenvalue weighted by atomic mass is 16.4. The summed E-state index contributed by atoms with van der Waals surface area (Å²) in [5, 5.41) is 11.4. The number of nitrogens with one attached hydrogen (secondary N) is 1. The van der Waals surface area contributed by atoms with Crippen LogP contribution in [0.1, 0.15) is 47.0 Å². The van der Waals surface area contributed by atoms with Crippen LogP contribution in [0.25, 0.3) is 0 Å². The molecular weight excluding hydrogens is 206 g/mol. The highest BCUT2D eigenvalue weighted by Gasteiger charge is 2.14. The highest BCUT2D eigenvalue weighted by Crippen LogP contribution is 2.17. The maximum absolute atomic E-state index is 11.4. The quantitative estimate of drug-likeness (QED) is 0.732. The number of rotatable bonds is 6. The molecule has 0 rings (SSSR count). The SMILES string of the molecule is CC(CC(=O)O)CC(=O)NCCC(C)(C)C. The van der Waals surface area contributed by atoms with Crippen LogP contribution in [0.3, 0.4) is 0 Å². The van der Waals surface area contributed by atoms with E-state index in [1.54, 1.807) is 6.92 Å². The van der Waals surface area contributed by atoms with Gasteiger partial charge in [-0.2, -0.15) is 0 Å². The summed E-state index contributed by atoms with van der Waals surface area (Å²) in [6.07, 6.45) is 1.26. The average Bonchev–Trinajstić information content (AvgIpc) is 1.98. The Morgan fingerprint density at radius 1 is 1.25 bits per heavy atom. The third kappa shape index (κ3) is 9.49.